The van der Waals surface area contributed by atoms with Crippen LogP contribution in [0.1, 0.15) is 97.3 Å². The molecule has 1 heteroatoms. The minimum absolute atomic E-state index is 0.766. The summed E-state index contributed by atoms with van der Waals surface area (Å²) in [5.74, 6) is 0. The number of piperidine rings is 1. The molecular weight excluding hydrogens is 218 g/mol. The molecule has 0 amide bonds. The Morgan fingerprint density at radius 3 is 2.06 bits per heavy atom. The summed E-state index contributed by atoms with van der Waals surface area (Å²) in [5.41, 5.74) is 0. The maximum Gasteiger partial charge on any atom is 0.00695 e. The van der Waals surface area contributed by atoms with Crippen molar-refractivity contribution in [1.29, 1.82) is 0 Å². The van der Waals surface area contributed by atoms with Crippen molar-refractivity contribution in [3.05, 3.63) is 0 Å². The van der Waals surface area contributed by atoms with Crippen molar-refractivity contribution in [2.45, 2.75) is 109 Å². The Kier molecular flexibility index (Phi) is 9.65. The molecule has 0 aromatic rings. The van der Waals surface area contributed by atoms with Gasteiger partial charge in [0.1, 0.15) is 0 Å². The molecule has 0 aliphatic carbocycles. The molecule has 1 nitrogen and oxygen atoms in total. The molecule has 1 aliphatic heterocycles. The average molecular weight is 253 g/mol. The van der Waals surface area contributed by atoms with Crippen molar-refractivity contribution in [1.82, 2.24) is 5.32 Å². The van der Waals surface area contributed by atoms with Crippen molar-refractivity contribution >= 4 is 0 Å². The number of hydrogen-bond acceptors (Lipinski definition) is 1. The first-order valence-corrected chi connectivity index (χ1v) is 8.59. The SMILES string of the molecule is CCCCCCCCCCCC1CCC[C@H](C)N1. The minimum Gasteiger partial charge on any atom is -0.312 e. The zero-order valence-electron chi connectivity index (χ0n) is 12.8. The molecular formula is C17H35N. The largest absolute Gasteiger partial charge is 0.312 e. The zero-order chi connectivity index (χ0) is 13.1. The highest BCUT2D eigenvalue weighted by molar-refractivity contribution is 4.77. The van der Waals surface area contributed by atoms with E-state index in [1.54, 1.807) is 0 Å². The summed E-state index contributed by atoms with van der Waals surface area (Å²) in [7, 11) is 0. The second kappa shape index (κ2) is 10.8. The van der Waals surface area contributed by atoms with Gasteiger partial charge >= 0.3 is 0 Å². The molecule has 18 heavy (non-hydrogen) atoms. The standard InChI is InChI=1S/C17H35N/c1-3-4-5-6-7-8-9-10-11-14-17-15-12-13-16(2)18-17/h16-18H,3-15H2,1-2H3/t16-,17?/m0/s1. The third-order valence-electron chi connectivity index (χ3n) is 4.37. The van der Waals surface area contributed by atoms with Gasteiger partial charge in [-0.3, -0.25) is 0 Å². The highest BCUT2D eigenvalue weighted by Gasteiger charge is 2.16. The van der Waals surface area contributed by atoms with Crippen LogP contribution in [0.4, 0.5) is 0 Å². The third-order valence-corrected chi connectivity index (χ3v) is 4.37. The predicted octanol–water partition coefficient (Wildman–Crippen LogP) is 5.44. The number of hydrogen-bond donors (Lipinski definition) is 1. The van der Waals surface area contributed by atoms with Crippen LogP contribution in [0.3, 0.4) is 0 Å². The van der Waals surface area contributed by atoms with Crippen molar-refractivity contribution in [3.63, 3.8) is 0 Å². The van der Waals surface area contributed by atoms with Crippen LogP contribution >= 0.6 is 0 Å². The number of nitrogens with one attached hydrogen (secondary N) is 1. The molecule has 1 N–H and O–H groups in total. The summed E-state index contributed by atoms with van der Waals surface area (Å²) < 4.78 is 0. The van der Waals surface area contributed by atoms with E-state index in [-0.39, 0.29) is 0 Å². The fraction of sp³-hybridized carbons (Fsp3) is 1.00. The lowest BCUT2D eigenvalue weighted by molar-refractivity contribution is 0.314. The Morgan fingerprint density at radius 2 is 1.44 bits per heavy atom. The van der Waals surface area contributed by atoms with Gasteiger partial charge in [0, 0.05) is 12.1 Å². The molecule has 0 radical (unpaired) electrons. The summed E-state index contributed by atoms with van der Waals surface area (Å²) in [6, 6.07) is 1.60. The van der Waals surface area contributed by atoms with E-state index in [0.717, 1.165) is 12.1 Å². The highest BCUT2D eigenvalue weighted by Crippen LogP contribution is 2.18. The summed E-state index contributed by atoms with van der Waals surface area (Å²) in [6.07, 6.45) is 18.7. The van der Waals surface area contributed by atoms with E-state index in [4.69, 9.17) is 0 Å². The third kappa shape index (κ3) is 8.13. The number of unbranched alkanes of at least 4 members (excludes halogenated alkanes) is 8. The molecule has 1 aliphatic rings. The van der Waals surface area contributed by atoms with E-state index < -0.39 is 0 Å². The van der Waals surface area contributed by atoms with Crippen LogP contribution in [0.25, 0.3) is 0 Å². The Balaban J connectivity index is 1.80. The molecule has 1 rings (SSSR count). The molecule has 2 atom stereocenters. The molecule has 0 bridgehead atoms. The van der Waals surface area contributed by atoms with Crippen molar-refractivity contribution in [2.24, 2.45) is 0 Å². The molecule has 0 aromatic carbocycles. The van der Waals surface area contributed by atoms with Crippen LogP contribution in [-0.2, 0) is 0 Å². The Bertz CT molecular complexity index is 178. The van der Waals surface area contributed by atoms with Crippen LogP contribution in [-0.4, -0.2) is 12.1 Å². The van der Waals surface area contributed by atoms with Gasteiger partial charge in [0.15, 0.2) is 0 Å². The highest BCUT2D eigenvalue weighted by atomic mass is 15.0. The van der Waals surface area contributed by atoms with Gasteiger partial charge in [-0.1, -0.05) is 71.1 Å². The lowest BCUT2D eigenvalue weighted by Gasteiger charge is -2.28. The van der Waals surface area contributed by atoms with Gasteiger partial charge < -0.3 is 5.32 Å². The van der Waals surface area contributed by atoms with Crippen LogP contribution in [0, 0.1) is 0 Å². The monoisotopic (exact) mass is 253 g/mol. The topological polar surface area (TPSA) is 12.0 Å². The van der Waals surface area contributed by atoms with Crippen molar-refractivity contribution in [2.75, 3.05) is 0 Å². The molecule has 1 fully saturated rings. The van der Waals surface area contributed by atoms with E-state index in [0.29, 0.717) is 0 Å². The second-order valence-corrected chi connectivity index (χ2v) is 6.31. The molecule has 1 heterocycles. The first-order valence-electron chi connectivity index (χ1n) is 8.59. The van der Waals surface area contributed by atoms with Crippen LogP contribution in [0.5, 0.6) is 0 Å². The summed E-state index contributed by atoms with van der Waals surface area (Å²) in [6.45, 7) is 4.63. The van der Waals surface area contributed by atoms with Gasteiger partial charge in [-0.05, 0) is 26.2 Å². The van der Waals surface area contributed by atoms with E-state index in [9.17, 15) is 0 Å². The molecule has 0 saturated carbocycles. The Morgan fingerprint density at radius 1 is 0.833 bits per heavy atom. The molecule has 108 valence electrons. The normalized spacial score (nSPS) is 24.3. The van der Waals surface area contributed by atoms with Gasteiger partial charge in [0.2, 0.25) is 0 Å². The van der Waals surface area contributed by atoms with E-state index in [1.165, 1.54) is 83.5 Å². The van der Waals surface area contributed by atoms with Crippen LogP contribution < -0.4 is 5.32 Å². The fourth-order valence-corrected chi connectivity index (χ4v) is 3.17. The fourth-order valence-electron chi connectivity index (χ4n) is 3.17. The van der Waals surface area contributed by atoms with Crippen molar-refractivity contribution < 1.29 is 0 Å². The molecule has 1 unspecified atom stereocenters. The Hall–Kier alpha value is -0.0400. The maximum absolute atomic E-state index is 3.74. The maximum atomic E-state index is 3.74. The summed E-state index contributed by atoms with van der Waals surface area (Å²) in [5, 5.41) is 3.74. The first-order chi connectivity index (χ1) is 8.83. The predicted molar refractivity (Wildman–Crippen MR) is 82.1 cm³/mol. The van der Waals surface area contributed by atoms with Crippen LogP contribution in [0.15, 0.2) is 0 Å². The van der Waals surface area contributed by atoms with Gasteiger partial charge in [0.25, 0.3) is 0 Å². The number of rotatable bonds is 10. The molecule has 0 spiro atoms. The average Bonchev–Trinajstić information content (AvgIpc) is 2.37. The minimum atomic E-state index is 0.766. The van der Waals surface area contributed by atoms with Gasteiger partial charge in [-0.2, -0.15) is 0 Å². The zero-order valence-corrected chi connectivity index (χ0v) is 12.8. The lowest BCUT2D eigenvalue weighted by Crippen LogP contribution is -2.40. The van der Waals surface area contributed by atoms with E-state index >= 15 is 0 Å². The van der Waals surface area contributed by atoms with Gasteiger partial charge in [0.05, 0.1) is 0 Å². The molecule has 1 saturated heterocycles. The quantitative estimate of drug-likeness (QED) is 0.511. The van der Waals surface area contributed by atoms with E-state index in [1.807, 2.05) is 0 Å². The molecule has 0 aromatic heterocycles. The Labute approximate surface area is 115 Å². The van der Waals surface area contributed by atoms with Gasteiger partial charge in [-0.25, -0.2) is 0 Å². The van der Waals surface area contributed by atoms with Gasteiger partial charge in [-0.15, -0.1) is 0 Å². The van der Waals surface area contributed by atoms with Crippen LogP contribution in [0.2, 0.25) is 0 Å². The summed E-state index contributed by atoms with van der Waals surface area (Å²) >= 11 is 0. The van der Waals surface area contributed by atoms with Crippen molar-refractivity contribution in [3.8, 4) is 0 Å². The summed E-state index contributed by atoms with van der Waals surface area (Å²) in [4.78, 5) is 0. The first kappa shape index (κ1) is 16.0. The smallest absolute Gasteiger partial charge is 0.00695 e. The second-order valence-electron chi connectivity index (χ2n) is 6.31. The van der Waals surface area contributed by atoms with E-state index in [2.05, 4.69) is 19.2 Å². The lowest BCUT2D eigenvalue weighted by atomic mass is 9.95.